The molecule has 0 aliphatic rings. The second-order valence-corrected chi connectivity index (χ2v) is 12.6. The predicted molar refractivity (Wildman–Crippen MR) is 186 cm³/mol. The van der Waals surface area contributed by atoms with Crippen molar-refractivity contribution in [3.8, 4) is 0 Å². The molecule has 3 rings (SSSR count). The average Bonchev–Trinajstić information content (AvgIpc) is 3.09. The standard InChI is InChI=1S/C35H40Cl3N3O7/c1-3-4-5-6-7-8-9-10-11-15-21-47-32(44)24(2)48-33(45)26-18-16-17-25(22-26)30(42)35(38,34(46)40-27-19-13-12-14-20-27)41-31(43)29(37)28(36)23-39-41/h12-14,16-20,22-24H,3-11,15,21H2,1-2H3,(H,40,46). The number of alkyl halides is 1. The summed E-state index contributed by atoms with van der Waals surface area (Å²) in [6.07, 6.45) is 11.2. The number of hydrogen-bond acceptors (Lipinski definition) is 8. The minimum absolute atomic E-state index is 0.118. The molecular formula is C35H40Cl3N3O7. The van der Waals surface area contributed by atoms with Gasteiger partial charge in [0, 0.05) is 11.3 Å². The van der Waals surface area contributed by atoms with Gasteiger partial charge in [-0.2, -0.15) is 9.78 Å². The van der Waals surface area contributed by atoms with Crippen LogP contribution in [0.2, 0.25) is 10.0 Å². The van der Waals surface area contributed by atoms with Crippen LogP contribution in [-0.2, 0) is 24.1 Å². The first-order valence-electron chi connectivity index (χ1n) is 16.0. The summed E-state index contributed by atoms with van der Waals surface area (Å²) in [4.78, 5) is 63.2. The molecule has 0 radical (unpaired) electrons. The van der Waals surface area contributed by atoms with Crippen LogP contribution in [0, 0.1) is 0 Å². The number of para-hydroxylation sites is 1. The summed E-state index contributed by atoms with van der Waals surface area (Å²) < 4.78 is 11.0. The summed E-state index contributed by atoms with van der Waals surface area (Å²) in [7, 11) is 0. The third-order valence-electron chi connectivity index (χ3n) is 7.52. The molecule has 2 atom stereocenters. The third-order valence-corrected chi connectivity index (χ3v) is 8.77. The molecule has 2 unspecified atom stereocenters. The van der Waals surface area contributed by atoms with Gasteiger partial charge in [0.25, 0.3) is 16.5 Å². The number of anilines is 1. The number of ketones is 1. The molecule has 1 amide bonds. The van der Waals surface area contributed by atoms with E-state index < -0.39 is 45.3 Å². The summed E-state index contributed by atoms with van der Waals surface area (Å²) in [6.45, 7) is 3.80. The molecule has 0 aliphatic heterocycles. The fraction of sp³-hybridized carbons (Fsp3) is 0.429. The van der Waals surface area contributed by atoms with Crippen molar-refractivity contribution in [2.45, 2.75) is 89.2 Å². The Morgan fingerprint density at radius 3 is 2.12 bits per heavy atom. The molecule has 10 nitrogen and oxygen atoms in total. The Morgan fingerprint density at radius 1 is 0.875 bits per heavy atom. The summed E-state index contributed by atoms with van der Waals surface area (Å²) in [5.41, 5.74) is -1.18. The molecule has 1 aromatic heterocycles. The average molecular weight is 721 g/mol. The molecule has 0 aliphatic carbocycles. The first-order chi connectivity index (χ1) is 23.0. The number of benzene rings is 2. The number of rotatable bonds is 19. The number of hydrogen-bond donors (Lipinski definition) is 1. The number of Topliss-reactive ketones (excluding diaryl/α,β-unsaturated/α-hetero) is 1. The van der Waals surface area contributed by atoms with Gasteiger partial charge in [0.15, 0.2) is 6.10 Å². The van der Waals surface area contributed by atoms with E-state index in [1.54, 1.807) is 30.3 Å². The number of unbranched alkanes of at least 4 members (excludes halogenated alkanes) is 9. The Bertz CT molecular complexity index is 1620. The molecule has 0 spiro atoms. The van der Waals surface area contributed by atoms with Gasteiger partial charge in [-0.3, -0.25) is 14.4 Å². The lowest BCUT2D eigenvalue weighted by molar-refractivity contribution is -0.153. The Hall–Kier alpha value is -3.73. The normalized spacial score (nSPS) is 12.9. The van der Waals surface area contributed by atoms with Gasteiger partial charge >= 0.3 is 11.9 Å². The van der Waals surface area contributed by atoms with Crippen molar-refractivity contribution in [1.82, 2.24) is 9.78 Å². The van der Waals surface area contributed by atoms with Crippen LogP contribution in [0.3, 0.4) is 0 Å². The van der Waals surface area contributed by atoms with Gasteiger partial charge in [-0.1, -0.05) is 130 Å². The molecule has 0 fully saturated rings. The minimum atomic E-state index is -2.80. The highest BCUT2D eigenvalue weighted by Gasteiger charge is 2.49. The maximum absolute atomic E-state index is 13.9. The topological polar surface area (TPSA) is 134 Å². The van der Waals surface area contributed by atoms with E-state index in [9.17, 15) is 24.0 Å². The highest BCUT2D eigenvalue weighted by atomic mass is 35.5. The Labute approximate surface area is 295 Å². The number of nitrogens with zero attached hydrogens (tertiary/aromatic N) is 2. The van der Waals surface area contributed by atoms with E-state index >= 15 is 0 Å². The van der Waals surface area contributed by atoms with Gasteiger partial charge in [0.05, 0.1) is 23.4 Å². The Morgan fingerprint density at radius 2 is 1.48 bits per heavy atom. The zero-order chi connectivity index (χ0) is 35.1. The van der Waals surface area contributed by atoms with E-state index in [0.29, 0.717) is 11.1 Å². The van der Waals surface area contributed by atoms with Crippen LogP contribution in [0.4, 0.5) is 5.69 Å². The van der Waals surface area contributed by atoms with Crippen LogP contribution in [0.15, 0.2) is 65.6 Å². The van der Waals surface area contributed by atoms with Crippen LogP contribution < -0.4 is 10.9 Å². The molecule has 1 heterocycles. The van der Waals surface area contributed by atoms with Crippen molar-refractivity contribution in [3.63, 3.8) is 0 Å². The van der Waals surface area contributed by atoms with E-state index in [-0.39, 0.29) is 28.4 Å². The van der Waals surface area contributed by atoms with Crippen LogP contribution in [-0.4, -0.2) is 46.1 Å². The molecule has 3 aromatic rings. The van der Waals surface area contributed by atoms with Gasteiger partial charge in [-0.05, 0) is 37.6 Å². The molecule has 13 heteroatoms. The van der Waals surface area contributed by atoms with Crippen molar-refractivity contribution < 1.29 is 28.7 Å². The van der Waals surface area contributed by atoms with Gasteiger partial charge in [0.1, 0.15) is 5.02 Å². The molecule has 0 saturated carbocycles. The monoisotopic (exact) mass is 719 g/mol. The Balaban J connectivity index is 1.66. The Kier molecular flexibility index (Phi) is 15.6. The summed E-state index contributed by atoms with van der Waals surface area (Å²) in [5.74, 6) is -3.86. The lowest BCUT2D eigenvalue weighted by Crippen LogP contribution is -2.53. The largest absolute Gasteiger partial charge is 0.463 e. The highest BCUT2D eigenvalue weighted by Crippen LogP contribution is 2.30. The van der Waals surface area contributed by atoms with Crippen LogP contribution in [0.25, 0.3) is 0 Å². The summed E-state index contributed by atoms with van der Waals surface area (Å²) in [6, 6.07) is 13.2. The van der Waals surface area contributed by atoms with Crippen molar-refractivity contribution in [2.75, 3.05) is 11.9 Å². The number of esters is 2. The molecule has 0 bridgehead atoms. The van der Waals surface area contributed by atoms with Gasteiger partial charge in [-0.25, -0.2) is 9.59 Å². The lowest BCUT2D eigenvalue weighted by Gasteiger charge is -2.26. The van der Waals surface area contributed by atoms with E-state index in [4.69, 9.17) is 44.3 Å². The van der Waals surface area contributed by atoms with Gasteiger partial charge in [0.2, 0.25) is 5.78 Å². The molecular weight excluding hydrogens is 681 g/mol. The fourth-order valence-corrected chi connectivity index (χ4v) is 5.33. The second kappa shape index (κ2) is 19.3. The fourth-order valence-electron chi connectivity index (χ4n) is 4.80. The van der Waals surface area contributed by atoms with E-state index in [1.165, 1.54) is 63.6 Å². The number of nitrogens with one attached hydrogen (secondary N) is 1. The quantitative estimate of drug-likeness (QED) is 0.0433. The minimum Gasteiger partial charge on any atom is -0.463 e. The van der Waals surface area contributed by atoms with Gasteiger partial charge in [-0.15, -0.1) is 0 Å². The molecule has 1 N–H and O–H groups in total. The number of aromatic nitrogens is 2. The first-order valence-corrected chi connectivity index (χ1v) is 17.2. The van der Waals surface area contributed by atoms with E-state index in [0.717, 1.165) is 31.5 Å². The smallest absolute Gasteiger partial charge is 0.347 e. The molecule has 2 aromatic carbocycles. The molecule has 258 valence electrons. The van der Waals surface area contributed by atoms with Crippen LogP contribution >= 0.6 is 34.8 Å². The van der Waals surface area contributed by atoms with Gasteiger partial charge < -0.3 is 14.8 Å². The lowest BCUT2D eigenvalue weighted by atomic mass is 10.0. The number of halogens is 3. The van der Waals surface area contributed by atoms with E-state index in [1.807, 2.05) is 0 Å². The molecule has 0 saturated heterocycles. The summed E-state index contributed by atoms with van der Waals surface area (Å²) >= 11 is 18.7. The number of amides is 1. The SMILES string of the molecule is CCCCCCCCCCCCOC(=O)C(C)OC(=O)c1cccc(C(=O)C(Cl)(C(=O)Nc2ccccc2)n2ncc(Cl)c(Cl)c2=O)c1. The number of carbonyl (C=O) groups is 4. The highest BCUT2D eigenvalue weighted by molar-refractivity contribution is 6.47. The number of carbonyl (C=O) groups excluding carboxylic acids is 4. The number of ether oxygens (including phenoxy) is 2. The van der Waals surface area contributed by atoms with Crippen LogP contribution in [0.1, 0.15) is 98.8 Å². The van der Waals surface area contributed by atoms with E-state index in [2.05, 4.69) is 17.3 Å². The first kappa shape index (κ1) is 38.7. The molecule has 48 heavy (non-hydrogen) atoms. The van der Waals surface area contributed by atoms with Crippen molar-refractivity contribution in [2.24, 2.45) is 0 Å². The maximum atomic E-state index is 13.9. The predicted octanol–water partition coefficient (Wildman–Crippen LogP) is 7.97. The zero-order valence-corrected chi connectivity index (χ0v) is 29.3. The van der Waals surface area contributed by atoms with Crippen molar-refractivity contribution in [3.05, 3.63) is 92.3 Å². The zero-order valence-electron chi connectivity index (χ0n) is 27.0. The van der Waals surface area contributed by atoms with Crippen molar-refractivity contribution in [1.29, 1.82) is 0 Å². The maximum Gasteiger partial charge on any atom is 0.347 e. The second-order valence-electron chi connectivity index (χ2n) is 11.3. The summed E-state index contributed by atoms with van der Waals surface area (Å²) in [5, 5.41) is 5.60. The third kappa shape index (κ3) is 10.6. The van der Waals surface area contributed by atoms with Crippen molar-refractivity contribution >= 4 is 64.1 Å². The van der Waals surface area contributed by atoms with Crippen LogP contribution in [0.5, 0.6) is 0 Å².